The van der Waals surface area contributed by atoms with Gasteiger partial charge in [0.05, 0.1) is 21.5 Å². The second-order valence-electron chi connectivity index (χ2n) is 6.08. The molecule has 0 aliphatic carbocycles. The van der Waals surface area contributed by atoms with Crippen LogP contribution in [-0.4, -0.2) is 28.7 Å². The number of fused-ring (bicyclic) bond motifs is 2. The molecule has 1 N–H and O–H groups in total. The van der Waals surface area contributed by atoms with E-state index < -0.39 is 0 Å². The molecule has 2 aliphatic heterocycles. The number of nitrogens with one attached hydrogen (secondary N) is 1. The maximum atomic E-state index is 5.99. The summed E-state index contributed by atoms with van der Waals surface area (Å²) in [4.78, 5) is 9.74. The van der Waals surface area contributed by atoms with Gasteiger partial charge in [-0.25, -0.2) is 9.97 Å². The summed E-state index contributed by atoms with van der Waals surface area (Å²) < 4.78 is 7.18. The molecular formula is C16H24IN3O. The lowest BCUT2D eigenvalue weighted by Crippen LogP contribution is -2.20. The molecule has 2 aliphatic rings. The first-order valence-corrected chi connectivity index (χ1v) is 9.26. The third-order valence-corrected chi connectivity index (χ3v) is 5.54. The zero-order chi connectivity index (χ0) is 14.8. The third kappa shape index (κ3) is 3.18. The average Bonchev–Trinajstić information content (AvgIpc) is 3.11. The molecule has 3 atom stereocenters. The van der Waals surface area contributed by atoms with Crippen molar-refractivity contribution in [2.45, 2.75) is 70.5 Å². The van der Waals surface area contributed by atoms with Crippen LogP contribution in [0.4, 0.5) is 5.82 Å². The Kier molecular flexibility index (Phi) is 4.99. The first kappa shape index (κ1) is 15.5. The lowest BCUT2D eigenvalue weighted by Gasteiger charge is -2.20. The first-order chi connectivity index (χ1) is 10.2. The highest BCUT2D eigenvalue weighted by molar-refractivity contribution is 14.1. The summed E-state index contributed by atoms with van der Waals surface area (Å²) >= 11 is 2.39. The van der Waals surface area contributed by atoms with Gasteiger partial charge in [-0.15, -0.1) is 0 Å². The zero-order valence-electron chi connectivity index (χ0n) is 12.9. The Bertz CT molecular complexity index is 509. The fraction of sp³-hybridized carbons (Fsp3) is 0.750. The molecule has 4 nitrogen and oxygen atoms in total. The Morgan fingerprint density at radius 2 is 2.10 bits per heavy atom. The molecule has 0 radical (unpaired) electrons. The molecule has 3 unspecified atom stereocenters. The Hall–Kier alpha value is -0.430. The monoisotopic (exact) mass is 401 g/mol. The van der Waals surface area contributed by atoms with Crippen LogP contribution in [0.3, 0.4) is 0 Å². The van der Waals surface area contributed by atoms with Crippen LogP contribution in [0, 0.1) is 3.57 Å². The smallest absolute Gasteiger partial charge is 0.143 e. The molecule has 21 heavy (non-hydrogen) atoms. The Morgan fingerprint density at radius 3 is 2.71 bits per heavy atom. The molecular weight excluding hydrogens is 377 g/mol. The van der Waals surface area contributed by atoms with E-state index in [0.29, 0.717) is 18.1 Å². The van der Waals surface area contributed by atoms with Crippen molar-refractivity contribution in [1.29, 1.82) is 0 Å². The summed E-state index contributed by atoms with van der Waals surface area (Å²) in [6.45, 7) is 5.35. The standard InChI is InChI=1S/C16H24IN3O/c1-3-5-12-14(17)16(18-8-4-2)20-15(19-12)11-9-10-6-7-13(11)21-10/h10-11,13H,3-9H2,1-2H3,(H,18,19,20). The fourth-order valence-corrected chi connectivity index (χ4v) is 4.05. The van der Waals surface area contributed by atoms with Crippen molar-refractivity contribution in [2.24, 2.45) is 0 Å². The van der Waals surface area contributed by atoms with Gasteiger partial charge in [-0.3, -0.25) is 0 Å². The molecule has 1 aromatic heterocycles. The normalized spacial score (nSPS) is 27.3. The predicted octanol–water partition coefficient (Wildman–Crippen LogP) is 3.89. The largest absolute Gasteiger partial charge is 0.374 e. The molecule has 2 saturated heterocycles. The molecule has 0 aromatic carbocycles. The van der Waals surface area contributed by atoms with E-state index in [2.05, 4.69) is 41.8 Å². The molecule has 2 bridgehead atoms. The van der Waals surface area contributed by atoms with Crippen molar-refractivity contribution >= 4 is 28.4 Å². The maximum absolute atomic E-state index is 5.99. The highest BCUT2D eigenvalue weighted by Gasteiger charge is 2.43. The lowest BCUT2D eigenvalue weighted by atomic mass is 9.88. The molecule has 0 saturated carbocycles. The molecule has 116 valence electrons. The van der Waals surface area contributed by atoms with Crippen LogP contribution in [0.2, 0.25) is 0 Å². The average molecular weight is 401 g/mol. The number of hydrogen-bond donors (Lipinski definition) is 1. The minimum Gasteiger partial charge on any atom is -0.374 e. The number of rotatable bonds is 6. The van der Waals surface area contributed by atoms with Crippen LogP contribution < -0.4 is 5.32 Å². The van der Waals surface area contributed by atoms with Gasteiger partial charge in [0.15, 0.2) is 0 Å². The molecule has 3 rings (SSSR count). The Balaban J connectivity index is 1.90. The first-order valence-electron chi connectivity index (χ1n) is 8.18. The third-order valence-electron chi connectivity index (χ3n) is 4.40. The minimum absolute atomic E-state index is 0.351. The van der Waals surface area contributed by atoms with Gasteiger partial charge in [0, 0.05) is 12.5 Å². The van der Waals surface area contributed by atoms with Crippen molar-refractivity contribution in [3.05, 3.63) is 15.1 Å². The van der Waals surface area contributed by atoms with E-state index in [4.69, 9.17) is 14.7 Å². The summed E-state index contributed by atoms with van der Waals surface area (Å²) in [5.74, 6) is 2.43. The van der Waals surface area contributed by atoms with Crippen molar-refractivity contribution < 1.29 is 4.74 Å². The van der Waals surface area contributed by atoms with Gasteiger partial charge in [0.2, 0.25) is 0 Å². The SMILES string of the molecule is CCCNc1nc(C2CC3CCC2O3)nc(CCC)c1I. The van der Waals surface area contributed by atoms with E-state index in [9.17, 15) is 0 Å². The molecule has 0 amide bonds. The van der Waals surface area contributed by atoms with Gasteiger partial charge >= 0.3 is 0 Å². The van der Waals surface area contributed by atoms with E-state index in [1.165, 1.54) is 22.1 Å². The van der Waals surface area contributed by atoms with E-state index in [1.54, 1.807) is 0 Å². The number of anilines is 1. The lowest BCUT2D eigenvalue weighted by molar-refractivity contribution is 0.0998. The van der Waals surface area contributed by atoms with Gasteiger partial charge in [-0.2, -0.15) is 0 Å². The van der Waals surface area contributed by atoms with Crippen molar-refractivity contribution in [1.82, 2.24) is 9.97 Å². The maximum Gasteiger partial charge on any atom is 0.143 e. The summed E-state index contributed by atoms with van der Waals surface area (Å²) in [5.41, 5.74) is 1.20. The van der Waals surface area contributed by atoms with Crippen molar-refractivity contribution in [2.75, 3.05) is 11.9 Å². The fourth-order valence-electron chi connectivity index (χ4n) is 3.35. The summed E-state index contributed by atoms with van der Waals surface area (Å²) in [6, 6.07) is 0. The summed E-state index contributed by atoms with van der Waals surface area (Å²) in [6.07, 6.45) is 7.54. The molecule has 1 aromatic rings. The molecule has 0 spiro atoms. The van der Waals surface area contributed by atoms with E-state index in [0.717, 1.165) is 43.9 Å². The van der Waals surface area contributed by atoms with E-state index in [1.807, 2.05) is 0 Å². The van der Waals surface area contributed by atoms with E-state index in [-0.39, 0.29) is 0 Å². The summed E-state index contributed by atoms with van der Waals surface area (Å²) in [5, 5.41) is 3.47. The number of halogens is 1. The predicted molar refractivity (Wildman–Crippen MR) is 92.8 cm³/mol. The van der Waals surface area contributed by atoms with Gasteiger partial charge < -0.3 is 10.1 Å². The van der Waals surface area contributed by atoms with E-state index >= 15 is 0 Å². The van der Waals surface area contributed by atoms with Gasteiger partial charge in [0.25, 0.3) is 0 Å². The Labute approximate surface area is 140 Å². The van der Waals surface area contributed by atoms with Crippen LogP contribution in [0.15, 0.2) is 0 Å². The number of aromatic nitrogens is 2. The van der Waals surface area contributed by atoms with Crippen LogP contribution in [-0.2, 0) is 11.2 Å². The number of nitrogens with zero attached hydrogens (tertiary/aromatic N) is 2. The second-order valence-corrected chi connectivity index (χ2v) is 7.16. The molecule has 2 fully saturated rings. The van der Waals surface area contributed by atoms with Crippen LogP contribution >= 0.6 is 22.6 Å². The summed E-state index contributed by atoms with van der Waals surface area (Å²) in [7, 11) is 0. The number of ether oxygens (including phenoxy) is 1. The van der Waals surface area contributed by atoms with Crippen molar-refractivity contribution in [3.63, 3.8) is 0 Å². The number of hydrogen-bond acceptors (Lipinski definition) is 4. The van der Waals surface area contributed by atoms with Crippen LogP contribution in [0.1, 0.15) is 63.4 Å². The van der Waals surface area contributed by atoms with Crippen LogP contribution in [0.25, 0.3) is 0 Å². The van der Waals surface area contributed by atoms with Crippen molar-refractivity contribution in [3.8, 4) is 0 Å². The number of aryl methyl sites for hydroxylation is 1. The van der Waals surface area contributed by atoms with Gasteiger partial charge in [-0.1, -0.05) is 20.3 Å². The molecule has 3 heterocycles. The highest BCUT2D eigenvalue weighted by atomic mass is 127. The van der Waals surface area contributed by atoms with Gasteiger partial charge in [-0.05, 0) is 54.7 Å². The highest BCUT2D eigenvalue weighted by Crippen LogP contribution is 2.43. The minimum atomic E-state index is 0.351. The quantitative estimate of drug-likeness (QED) is 0.735. The van der Waals surface area contributed by atoms with Gasteiger partial charge in [0.1, 0.15) is 11.6 Å². The topological polar surface area (TPSA) is 47.0 Å². The second kappa shape index (κ2) is 6.77. The molecule has 5 heteroatoms. The Morgan fingerprint density at radius 1 is 1.24 bits per heavy atom. The zero-order valence-corrected chi connectivity index (χ0v) is 15.0. The van der Waals surface area contributed by atoms with Crippen LogP contribution in [0.5, 0.6) is 0 Å².